The van der Waals surface area contributed by atoms with Crippen LogP contribution in [0.15, 0.2) is 53.1 Å². The van der Waals surface area contributed by atoms with Gasteiger partial charge in [-0.25, -0.2) is 0 Å². The SMILES string of the molecule is Cc1nc(-c2cccc(NC(=O)CCCN3C(=O)c4ccccc4C3=O)c2)no1. The van der Waals surface area contributed by atoms with Crippen molar-refractivity contribution in [2.45, 2.75) is 19.8 Å². The zero-order chi connectivity index (χ0) is 20.4. The van der Waals surface area contributed by atoms with E-state index in [2.05, 4.69) is 15.5 Å². The maximum absolute atomic E-state index is 12.3. The maximum Gasteiger partial charge on any atom is 0.261 e. The summed E-state index contributed by atoms with van der Waals surface area (Å²) in [7, 11) is 0. The van der Waals surface area contributed by atoms with Crippen molar-refractivity contribution in [2.75, 3.05) is 11.9 Å². The van der Waals surface area contributed by atoms with Crippen LogP contribution in [-0.4, -0.2) is 39.3 Å². The molecule has 0 saturated heterocycles. The lowest BCUT2D eigenvalue weighted by Gasteiger charge is -2.13. The summed E-state index contributed by atoms with van der Waals surface area (Å²) in [5.41, 5.74) is 2.16. The van der Waals surface area contributed by atoms with Crippen molar-refractivity contribution >= 4 is 23.4 Å². The van der Waals surface area contributed by atoms with Gasteiger partial charge in [-0.1, -0.05) is 29.4 Å². The van der Waals surface area contributed by atoms with Crippen molar-refractivity contribution in [3.8, 4) is 11.4 Å². The number of imide groups is 1. The summed E-state index contributed by atoms with van der Waals surface area (Å²) < 4.78 is 4.97. The molecule has 2 heterocycles. The van der Waals surface area contributed by atoms with Crippen LogP contribution >= 0.6 is 0 Å². The molecule has 0 spiro atoms. The molecule has 0 saturated carbocycles. The largest absolute Gasteiger partial charge is 0.339 e. The summed E-state index contributed by atoms with van der Waals surface area (Å²) in [6, 6.07) is 13.9. The molecule has 3 amide bonds. The second-order valence-electron chi connectivity index (χ2n) is 6.68. The quantitative estimate of drug-likeness (QED) is 0.649. The fourth-order valence-electron chi connectivity index (χ4n) is 3.22. The molecule has 0 bridgehead atoms. The van der Waals surface area contributed by atoms with Crippen LogP contribution < -0.4 is 5.32 Å². The van der Waals surface area contributed by atoms with Crippen LogP contribution in [0.5, 0.6) is 0 Å². The summed E-state index contributed by atoms with van der Waals surface area (Å²) in [4.78, 5) is 42.3. The van der Waals surface area contributed by atoms with Gasteiger partial charge in [0.05, 0.1) is 11.1 Å². The van der Waals surface area contributed by atoms with E-state index in [0.29, 0.717) is 35.0 Å². The molecule has 1 aliphatic heterocycles. The number of nitrogens with one attached hydrogen (secondary N) is 1. The highest BCUT2D eigenvalue weighted by molar-refractivity contribution is 6.21. The lowest BCUT2D eigenvalue weighted by atomic mass is 10.1. The van der Waals surface area contributed by atoms with Gasteiger partial charge >= 0.3 is 0 Å². The Morgan fingerprint density at radius 2 is 1.79 bits per heavy atom. The average Bonchev–Trinajstić information content (AvgIpc) is 3.26. The molecule has 29 heavy (non-hydrogen) atoms. The van der Waals surface area contributed by atoms with E-state index in [1.807, 2.05) is 6.07 Å². The van der Waals surface area contributed by atoms with Crippen LogP contribution in [0.1, 0.15) is 39.4 Å². The van der Waals surface area contributed by atoms with Crippen LogP contribution in [0, 0.1) is 6.92 Å². The minimum Gasteiger partial charge on any atom is -0.339 e. The van der Waals surface area contributed by atoms with Gasteiger partial charge in [0.2, 0.25) is 17.6 Å². The van der Waals surface area contributed by atoms with E-state index in [9.17, 15) is 14.4 Å². The van der Waals surface area contributed by atoms with Crippen molar-refractivity contribution in [3.05, 3.63) is 65.5 Å². The van der Waals surface area contributed by atoms with Gasteiger partial charge < -0.3 is 9.84 Å². The number of hydrogen-bond donors (Lipinski definition) is 1. The van der Waals surface area contributed by atoms with Gasteiger partial charge in [0, 0.05) is 31.1 Å². The molecule has 0 radical (unpaired) electrons. The first kappa shape index (κ1) is 18.5. The van der Waals surface area contributed by atoms with E-state index >= 15 is 0 Å². The minimum absolute atomic E-state index is 0.180. The molecule has 0 aliphatic carbocycles. The number of aryl methyl sites for hydroxylation is 1. The molecule has 0 fully saturated rings. The van der Waals surface area contributed by atoms with Crippen molar-refractivity contribution < 1.29 is 18.9 Å². The number of rotatable bonds is 6. The summed E-state index contributed by atoms with van der Waals surface area (Å²) in [6.07, 6.45) is 0.556. The van der Waals surface area contributed by atoms with E-state index < -0.39 is 0 Å². The molecule has 0 atom stereocenters. The van der Waals surface area contributed by atoms with Crippen molar-refractivity contribution in [1.82, 2.24) is 15.0 Å². The lowest BCUT2D eigenvalue weighted by Crippen LogP contribution is -2.31. The fraction of sp³-hybridized carbons (Fsp3) is 0.190. The Labute approximate surface area is 166 Å². The number of carbonyl (C=O) groups excluding carboxylic acids is 3. The Bertz CT molecular complexity index is 1070. The molecule has 8 heteroatoms. The molecule has 1 aliphatic rings. The minimum atomic E-state index is -0.311. The number of benzene rings is 2. The summed E-state index contributed by atoms with van der Waals surface area (Å²) in [5.74, 6) is 0.0816. The Hall–Kier alpha value is -3.81. The molecule has 1 N–H and O–H groups in total. The standard InChI is InChI=1S/C21H18N4O4/c1-13-22-19(24-29-13)14-6-4-7-15(12-14)23-18(26)10-5-11-25-20(27)16-8-2-3-9-17(16)21(25)28/h2-4,6-9,12H,5,10-11H2,1H3,(H,23,26). The summed E-state index contributed by atoms with van der Waals surface area (Å²) in [6.45, 7) is 1.90. The van der Waals surface area contributed by atoms with Gasteiger partial charge in [0.1, 0.15) is 0 Å². The third kappa shape index (κ3) is 3.77. The predicted octanol–water partition coefficient (Wildman–Crippen LogP) is 3.06. The van der Waals surface area contributed by atoms with E-state index in [1.54, 1.807) is 49.4 Å². The summed E-state index contributed by atoms with van der Waals surface area (Å²) in [5, 5.41) is 6.67. The third-order valence-electron chi connectivity index (χ3n) is 4.60. The number of fused-ring (bicyclic) bond motifs is 1. The molecule has 0 unspecified atom stereocenters. The van der Waals surface area contributed by atoms with Crippen LogP contribution in [0.4, 0.5) is 5.69 Å². The van der Waals surface area contributed by atoms with Gasteiger partial charge in [0.15, 0.2) is 0 Å². The van der Waals surface area contributed by atoms with Crippen LogP contribution in [-0.2, 0) is 4.79 Å². The molecule has 3 aromatic rings. The van der Waals surface area contributed by atoms with Crippen molar-refractivity contribution in [3.63, 3.8) is 0 Å². The molecule has 2 aromatic carbocycles. The first-order chi connectivity index (χ1) is 14.0. The van der Waals surface area contributed by atoms with Gasteiger partial charge in [0.25, 0.3) is 11.8 Å². The van der Waals surface area contributed by atoms with E-state index in [-0.39, 0.29) is 30.7 Å². The van der Waals surface area contributed by atoms with Crippen LogP contribution in [0.25, 0.3) is 11.4 Å². The molecular weight excluding hydrogens is 372 g/mol. The lowest BCUT2D eigenvalue weighted by molar-refractivity contribution is -0.116. The van der Waals surface area contributed by atoms with Gasteiger partial charge in [-0.2, -0.15) is 4.98 Å². The Kier molecular flexibility index (Phi) is 4.90. The number of aromatic nitrogens is 2. The summed E-state index contributed by atoms with van der Waals surface area (Å²) >= 11 is 0. The Morgan fingerprint density at radius 3 is 2.45 bits per heavy atom. The van der Waals surface area contributed by atoms with Gasteiger partial charge in [-0.3, -0.25) is 19.3 Å². The van der Waals surface area contributed by atoms with E-state index in [4.69, 9.17) is 4.52 Å². The average molecular weight is 390 g/mol. The topological polar surface area (TPSA) is 105 Å². The zero-order valence-corrected chi connectivity index (χ0v) is 15.7. The van der Waals surface area contributed by atoms with Gasteiger partial charge in [-0.15, -0.1) is 0 Å². The van der Waals surface area contributed by atoms with E-state index in [1.165, 1.54) is 4.90 Å². The number of hydrogen-bond acceptors (Lipinski definition) is 6. The molecular formula is C21H18N4O4. The normalized spacial score (nSPS) is 12.9. The number of amides is 3. The Morgan fingerprint density at radius 1 is 1.07 bits per heavy atom. The first-order valence-electron chi connectivity index (χ1n) is 9.19. The predicted molar refractivity (Wildman–Crippen MR) is 104 cm³/mol. The van der Waals surface area contributed by atoms with Crippen LogP contribution in [0.2, 0.25) is 0 Å². The smallest absolute Gasteiger partial charge is 0.261 e. The highest BCUT2D eigenvalue weighted by atomic mass is 16.5. The first-order valence-corrected chi connectivity index (χ1v) is 9.19. The second kappa shape index (κ2) is 7.67. The third-order valence-corrected chi connectivity index (χ3v) is 4.60. The highest BCUT2D eigenvalue weighted by Gasteiger charge is 2.34. The molecule has 4 rings (SSSR count). The maximum atomic E-state index is 12.3. The number of anilines is 1. The van der Waals surface area contributed by atoms with Crippen LogP contribution in [0.3, 0.4) is 0 Å². The van der Waals surface area contributed by atoms with Crippen molar-refractivity contribution in [2.24, 2.45) is 0 Å². The highest BCUT2D eigenvalue weighted by Crippen LogP contribution is 2.23. The van der Waals surface area contributed by atoms with E-state index in [0.717, 1.165) is 5.56 Å². The fourth-order valence-corrected chi connectivity index (χ4v) is 3.22. The molecule has 146 valence electrons. The number of nitrogens with zero attached hydrogens (tertiary/aromatic N) is 3. The number of carbonyl (C=O) groups is 3. The second-order valence-corrected chi connectivity index (χ2v) is 6.68. The Balaban J connectivity index is 1.32. The molecule has 8 nitrogen and oxygen atoms in total. The zero-order valence-electron chi connectivity index (χ0n) is 15.7. The molecule has 1 aromatic heterocycles. The van der Waals surface area contributed by atoms with Crippen molar-refractivity contribution in [1.29, 1.82) is 0 Å². The van der Waals surface area contributed by atoms with Gasteiger partial charge in [-0.05, 0) is 30.7 Å². The monoisotopic (exact) mass is 390 g/mol.